The highest BCUT2D eigenvalue weighted by molar-refractivity contribution is 5.73. The van der Waals surface area contributed by atoms with E-state index in [-0.39, 0.29) is 23.5 Å². The van der Waals surface area contributed by atoms with Gasteiger partial charge in [0.2, 0.25) is 5.91 Å². The van der Waals surface area contributed by atoms with Crippen LogP contribution in [-0.4, -0.2) is 42.1 Å². The third kappa shape index (κ3) is 1.97. The van der Waals surface area contributed by atoms with Crippen LogP contribution in [0.25, 0.3) is 0 Å². The molecule has 1 spiro atoms. The number of rotatable bonds is 3. The Bertz CT molecular complexity index is 789. The first-order valence-corrected chi connectivity index (χ1v) is 9.98. The van der Waals surface area contributed by atoms with Crippen molar-refractivity contribution in [3.63, 3.8) is 0 Å². The molecule has 2 aliphatic carbocycles. The number of amides is 1. The van der Waals surface area contributed by atoms with Crippen molar-refractivity contribution in [3.05, 3.63) is 41.5 Å². The normalized spacial score (nSPS) is 36.8. The van der Waals surface area contributed by atoms with E-state index in [9.17, 15) is 4.79 Å². The van der Waals surface area contributed by atoms with E-state index >= 15 is 0 Å². The van der Waals surface area contributed by atoms with Crippen LogP contribution < -0.4 is 10.1 Å². The number of hydrogen-bond acceptors (Lipinski definition) is 3. The molecule has 26 heavy (non-hydrogen) atoms. The third-order valence-corrected chi connectivity index (χ3v) is 7.40. The number of carbonyl (C=O) groups is 1. The van der Waals surface area contributed by atoms with Gasteiger partial charge in [0.25, 0.3) is 0 Å². The minimum atomic E-state index is 0.0535. The Hall–Kier alpha value is -1.81. The first kappa shape index (κ1) is 16.4. The smallest absolute Gasteiger partial charge is 0.217 e. The maximum absolute atomic E-state index is 11.8. The molecule has 2 fully saturated rings. The van der Waals surface area contributed by atoms with Gasteiger partial charge in [-0.3, -0.25) is 9.69 Å². The lowest BCUT2D eigenvalue weighted by Crippen LogP contribution is -2.68. The summed E-state index contributed by atoms with van der Waals surface area (Å²) in [6.07, 6.45) is 6.52. The monoisotopic (exact) mass is 352 g/mol. The molecule has 138 valence electrons. The van der Waals surface area contributed by atoms with Crippen LogP contribution in [0.1, 0.15) is 42.9 Å². The lowest BCUT2D eigenvalue weighted by atomic mass is 9.51. The molecule has 2 heterocycles. The second-order valence-electron chi connectivity index (χ2n) is 8.62. The molecule has 4 nitrogen and oxygen atoms in total. The predicted molar refractivity (Wildman–Crippen MR) is 101 cm³/mol. The summed E-state index contributed by atoms with van der Waals surface area (Å²) < 4.78 is 6.66. The van der Waals surface area contributed by atoms with Gasteiger partial charge in [-0.15, -0.1) is 6.58 Å². The molecule has 4 aliphatic rings. The Morgan fingerprint density at radius 3 is 3.08 bits per heavy atom. The summed E-state index contributed by atoms with van der Waals surface area (Å²) in [4.78, 5) is 14.4. The molecule has 0 aromatic heterocycles. The third-order valence-electron chi connectivity index (χ3n) is 7.40. The van der Waals surface area contributed by atoms with Crippen molar-refractivity contribution in [2.24, 2.45) is 5.92 Å². The van der Waals surface area contributed by atoms with Crippen molar-refractivity contribution in [3.8, 4) is 5.75 Å². The number of nitrogens with one attached hydrogen (secondary N) is 1. The van der Waals surface area contributed by atoms with E-state index in [1.807, 2.05) is 6.08 Å². The zero-order valence-electron chi connectivity index (χ0n) is 15.8. The van der Waals surface area contributed by atoms with Crippen LogP contribution in [0.15, 0.2) is 24.8 Å². The maximum atomic E-state index is 11.8. The molecule has 2 aliphatic heterocycles. The van der Waals surface area contributed by atoms with E-state index in [0.29, 0.717) is 12.0 Å². The van der Waals surface area contributed by atoms with Gasteiger partial charge >= 0.3 is 0 Å². The number of hydrogen-bond donors (Lipinski definition) is 1. The lowest BCUT2D eigenvalue weighted by molar-refractivity contribution is -0.122. The van der Waals surface area contributed by atoms with Crippen molar-refractivity contribution in [2.45, 2.75) is 63.1 Å². The topological polar surface area (TPSA) is 41.6 Å². The van der Waals surface area contributed by atoms with Crippen LogP contribution in [0.5, 0.6) is 5.75 Å². The Balaban J connectivity index is 1.67. The standard InChI is InChI=1S/C22H28N2O2/c1-4-10-24-11-9-22-16-7-8-17(23-14(3)25)21(22)26-20-13(2)5-6-15(19(20)22)12-18(16)24/h4-6,16-18,21H,1,7-12H2,2-3H3,(H,23,25)/t16-,17?,18+,21?,22?/m1/s1. The van der Waals surface area contributed by atoms with Crippen LogP contribution in [0.3, 0.4) is 0 Å². The molecule has 1 N–H and O–H groups in total. The van der Waals surface area contributed by atoms with Crippen molar-refractivity contribution < 1.29 is 9.53 Å². The molecule has 2 bridgehead atoms. The van der Waals surface area contributed by atoms with Crippen LogP contribution >= 0.6 is 0 Å². The average Bonchev–Trinajstić information content (AvgIpc) is 2.95. The minimum Gasteiger partial charge on any atom is -0.487 e. The van der Waals surface area contributed by atoms with Crippen molar-refractivity contribution in [2.75, 3.05) is 13.1 Å². The average molecular weight is 352 g/mol. The first-order chi connectivity index (χ1) is 12.6. The van der Waals surface area contributed by atoms with Crippen LogP contribution in [-0.2, 0) is 16.6 Å². The molecule has 0 radical (unpaired) electrons. The first-order valence-electron chi connectivity index (χ1n) is 9.98. The molecule has 1 amide bonds. The molecule has 1 saturated heterocycles. The molecule has 1 aromatic rings. The van der Waals surface area contributed by atoms with Gasteiger partial charge in [0.1, 0.15) is 11.9 Å². The van der Waals surface area contributed by atoms with Gasteiger partial charge in [0.05, 0.1) is 6.04 Å². The quantitative estimate of drug-likeness (QED) is 0.851. The SMILES string of the molecule is C=CCN1CCC23c4c5ccc(C)c4OC2C(NC(C)=O)CC[C@@H]3[C@@H]1C5. The fourth-order valence-electron chi connectivity index (χ4n) is 6.58. The van der Waals surface area contributed by atoms with Gasteiger partial charge < -0.3 is 10.1 Å². The zero-order valence-corrected chi connectivity index (χ0v) is 15.8. The van der Waals surface area contributed by atoms with Crippen LogP contribution in [0.2, 0.25) is 0 Å². The van der Waals surface area contributed by atoms with Gasteiger partial charge in [-0.1, -0.05) is 18.2 Å². The van der Waals surface area contributed by atoms with E-state index in [1.165, 1.54) is 16.7 Å². The van der Waals surface area contributed by atoms with E-state index < -0.39 is 0 Å². The Morgan fingerprint density at radius 1 is 1.46 bits per heavy atom. The van der Waals surface area contributed by atoms with Crippen molar-refractivity contribution >= 4 is 5.91 Å². The summed E-state index contributed by atoms with van der Waals surface area (Å²) in [5.74, 6) is 1.78. The van der Waals surface area contributed by atoms with Gasteiger partial charge in [0, 0.05) is 30.5 Å². The predicted octanol–water partition coefficient (Wildman–Crippen LogP) is 2.72. The molecule has 1 aromatic carbocycles. The number of aryl methyl sites for hydroxylation is 1. The van der Waals surface area contributed by atoms with Gasteiger partial charge in [0.15, 0.2) is 0 Å². The number of nitrogens with zero attached hydrogens (tertiary/aromatic N) is 1. The molecular weight excluding hydrogens is 324 g/mol. The highest BCUT2D eigenvalue weighted by Crippen LogP contribution is 2.62. The van der Waals surface area contributed by atoms with Gasteiger partial charge in [-0.2, -0.15) is 0 Å². The van der Waals surface area contributed by atoms with Crippen molar-refractivity contribution in [1.82, 2.24) is 10.2 Å². The summed E-state index contributed by atoms with van der Waals surface area (Å²) in [5.41, 5.74) is 4.26. The number of likely N-dealkylation sites (tertiary alicyclic amines) is 1. The summed E-state index contributed by atoms with van der Waals surface area (Å²) >= 11 is 0. The molecule has 4 heteroatoms. The van der Waals surface area contributed by atoms with Crippen molar-refractivity contribution in [1.29, 1.82) is 0 Å². The summed E-state index contributed by atoms with van der Waals surface area (Å²) in [7, 11) is 0. The highest BCUT2D eigenvalue weighted by atomic mass is 16.5. The van der Waals surface area contributed by atoms with Gasteiger partial charge in [-0.05, 0) is 56.2 Å². The second-order valence-corrected chi connectivity index (χ2v) is 8.62. The molecule has 5 rings (SSSR count). The summed E-state index contributed by atoms with van der Waals surface area (Å²) in [5, 5.41) is 3.21. The molecule has 1 saturated carbocycles. The molecule has 3 unspecified atom stereocenters. The largest absolute Gasteiger partial charge is 0.487 e. The number of benzene rings is 1. The number of piperidine rings is 1. The molecule has 5 atom stereocenters. The Kier molecular flexibility index (Phi) is 3.52. The zero-order chi connectivity index (χ0) is 18.1. The van der Waals surface area contributed by atoms with Gasteiger partial charge in [-0.25, -0.2) is 0 Å². The van der Waals surface area contributed by atoms with E-state index in [0.717, 1.165) is 44.5 Å². The maximum Gasteiger partial charge on any atom is 0.217 e. The number of ether oxygens (including phenoxy) is 1. The van der Waals surface area contributed by atoms with E-state index in [4.69, 9.17) is 4.74 Å². The highest BCUT2D eigenvalue weighted by Gasteiger charge is 2.65. The molecular formula is C22H28N2O2. The summed E-state index contributed by atoms with van der Waals surface area (Å²) in [6.45, 7) is 9.81. The lowest BCUT2D eigenvalue weighted by Gasteiger charge is -2.59. The Labute approximate surface area is 155 Å². The van der Waals surface area contributed by atoms with E-state index in [2.05, 4.69) is 35.9 Å². The second kappa shape index (κ2) is 5.59. The summed E-state index contributed by atoms with van der Waals surface area (Å²) in [6, 6.07) is 5.22. The fraction of sp³-hybridized carbons (Fsp3) is 0.591. The van der Waals surface area contributed by atoms with E-state index in [1.54, 1.807) is 6.92 Å². The fourth-order valence-corrected chi connectivity index (χ4v) is 6.58. The van der Waals surface area contributed by atoms with Crippen LogP contribution in [0, 0.1) is 12.8 Å². The Morgan fingerprint density at radius 2 is 2.31 bits per heavy atom. The van der Waals surface area contributed by atoms with Crippen LogP contribution in [0.4, 0.5) is 0 Å². The minimum absolute atomic E-state index is 0.0535. The number of carbonyl (C=O) groups excluding carboxylic acids is 1.